The Hall–Kier alpha value is -5.73. The molecule has 0 aliphatic heterocycles. The third kappa shape index (κ3) is 4.22. The van der Waals surface area contributed by atoms with Gasteiger partial charge in [0.25, 0.3) is 0 Å². The van der Waals surface area contributed by atoms with Crippen molar-refractivity contribution in [1.29, 1.82) is 0 Å². The molecule has 2 heteroatoms. The highest BCUT2D eigenvalue weighted by molar-refractivity contribution is 6.29. The molecule has 1 aromatic heterocycles. The summed E-state index contributed by atoms with van der Waals surface area (Å²) in [5, 5.41) is 7.40. The Labute approximate surface area is 267 Å². The van der Waals surface area contributed by atoms with Crippen LogP contribution in [0.25, 0.3) is 88.3 Å². The third-order valence-electron chi connectivity index (χ3n) is 9.51. The Morgan fingerprint density at radius 3 is 1.61 bits per heavy atom. The topological polar surface area (TPSA) is 26.0 Å². The molecule has 0 aliphatic carbocycles. The van der Waals surface area contributed by atoms with Crippen molar-refractivity contribution in [3.63, 3.8) is 0 Å². The number of oxazole rings is 1. The molecule has 2 nitrogen and oxygen atoms in total. The van der Waals surface area contributed by atoms with Crippen LogP contribution in [0.2, 0.25) is 0 Å². The van der Waals surface area contributed by atoms with Crippen LogP contribution in [0.1, 0.15) is 16.7 Å². The molecule has 0 spiro atoms. The van der Waals surface area contributed by atoms with Gasteiger partial charge < -0.3 is 4.42 Å². The van der Waals surface area contributed by atoms with E-state index >= 15 is 0 Å². The van der Waals surface area contributed by atoms with Crippen LogP contribution in [0.4, 0.5) is 0 Å². The summed E-state index contributed by atoms with van der Waals surface area (Å²) in [6, 6.07) is 48.5. The Morgan fingerprint density at radius 1 is 0.413 bits per heavy atom. The lowest BCUT2D eigenvalue weighted by molar-refractivity contribution is 0.620. The van der Waals surface area contributed by atoms with Crippen LogP contribution < -0.4 is 0 Å². The number of nitrogens with zero attached hydrogens (tertiary/aromatic N) is 1. The second-order valence-corrected chi connectivity index (χ2v) is 12.6. The highest BCUT2D eigenvalue weighted by Crippen LogP contribution is 2.46. The smallest absolute Gasteiger partial charge is 0.227 e. The largest absolute Gasteiger partial charge is 0.436 e. The predicted molar refractivity (Wildman–Crippen MR) is 194 cm³/mol. The molecule has 0 unspecified atom stereocenters. The Kier molecular flexibility index (Phi) is 5.88. The second-order valence-electron chi connectivity index (χ2n) is 12.6. The van der Waals surface area contributed by atoms with Crippen molar-refractivity contribution in [2.75, 3.05) is 0 Å². The number of hydrogen-bond acceptors (Lipinski definition) is 2. The maximum absolute atomic E-state index is 6.56. The molecule has 8 aromatic carbocycles. The second kappa shape index (κ2) is 10.2. The van der Waals surface area contributed by atoms with Gasteiger partial charge in [0.1, 0.15) is 5.52 Å². The van der Waals surface area contributed by atoms with Crippen molar-refractivity contribution in [3.8, 4) is 44.8 Å². The zero-order chi connectivity index (χ0) is 30.9. The summed E-state index contributed by atoms with van der Waals surface area (Å²) in [5.74, 6) is 0.640. The molecule has 0 saturated heterocycles. The van der Waals surface area contributed by atoms with E-state index in [1.165, 1.54) is 71.4 Å². The number of aryl methyl sites for hydroxylation is 3. The lowest BCUT2D eigenvalue weighted by atomic mass is 9.85. The van der Waals surface area contributed by atoms with E-state index in [1.807, 2.05) is 6.07 Å². The van der Waals surface area contributed by atoms with Gasteiger partial charge in [0.15, 0.2) is 5.58 Å². The molecule has 218 valence electrons. The van der Waals surface area contributed by atoms with Gasteiger partial charge in [-0.2, -0.15) is 0 Å². The first-order valence-electron chi connectivity index (χ1n) is 15.9. The average Bonchev–Trinajstić information content (AvgIpc) is 3.51. The first-order valence-corrected chi connectivity index (χ1v) is 15.9. The van der Waals surface area contributed by atoms with Crippen molar-refractivity contribution in [2.45, 2.75) is 20.8 Å². The minimum atomic E-state index is 0.640. The quantitative estimate of drug-likeness (QED) is 0.191. The molecular weight excluding hydrogens is 558 g/mol. The van der Waals surface area contributed by atoms with E-state index in [4.69, 9.17) is 9.40 Å². The molecule has 1 heterocycles. The van der Waals surface area contributed by atoms with Crippen LogP contribution in [0.15, 0.2) is 138 Å². The maximum atomic E-state index is 6.56. The standard InChI is InChI=1S/C44H31NO/c1-26-4-10-29(11-5-26)33-18-23-41-40(24-33)45-44(46-41)39-25-38(31-14-8-28(3)9-15-31)36-20-17-32-16-19-34(30-12-6-27(2)7-13-30)35-21-22-37(39)43(36)42(32)35/h4-25H,1-3H3. The molecule has 9 aromatic rings. The van der Waals surface area contributed by atoms with Crippen LogP contribution in [0.5, 0.6) is 0 Å². The van der Waals surface area contributed by atoms with Gasteiger partial charge in [-0.1, -0.05) is 132 Å². The van der Waals surface area contributed by atoms with Crippen LogP contribution in [0.3, 0.4) is 0 Å². The summed E-state index contributed by atoms with van der Waals surface area (Å²) in [5.41, 5.74) is 13.5. The molecule has 0 aliphatic rings. The zero-order valence-corrected chi connectivity index (χ0v) is 26.1. The van der Waals surface area contributed by atoms with Gasteiger partial charge in [-0.05, 0) is 105 Å². The van der Waals surface area contributed by atoms with Gasteiger partial charge in [0.2, 0.25) is 5.89 Å². The average molecular weight is 590 g/mol. The fraction of sp³-hybridized carbons (Fsp3) is 0.0682. The van der Waals surface area contributed by atoms with Gasteiger partial charge >= 0.3 is 0 Å². The summed E-state index contributed by atoms with van der Waals surface area (Å²) < 4.78 is 6.56. The van der Waals surface area contributed by atoms with E-state index in [-0.39, 0.29) is 0 Å². The number of benzene rings is 8. The molecule has 0 saturated carbocycles. The van der Waals surface area contributed by atoms with E-state index in [1.54, 1.807) is 0 Å². The van der Waals surface area contributed by atoms with Crippen LogP contribution >= 0.6 is 0 Å². The molecule has 0 atom stereocenters. The van der Waals surface area contributed by atoms with Gasteiger partial charge in [0.05, 0.1) is 0 Å². The third-order valence-corrected chi connectivity index (χ3v) is 9.51. The minimum absolute atomic E-state index is 0.640. The number of aromatic nitrogens is 1. The molecule has 0 N–H and O–H groups in total. The number of rotatable bonds is 4. The Bertz CT molecular complexity index is 2570. The monoisotopic (exact) mass is 589 g/mol. The highest BCUT2D eigenvalue weighted by atomic mass is 16.3. The van der Waals surface area contributed by atoms with E-state index in [9.17, 15) is 0 Å². The van der Waals surface area contributed by atoms with E-state index in [0.717, 1.165) is 27.6 Å². The zero-order valence-electron chi connectivity index (χ0n) is 26.1. The van der Waals surface area contributed by atoms with Gasteiger partial charge in [-0.3, -0.25) is 0 Å². The van der Waals surface area contributed by atoms with Crippen LogP contribution in [-0.4, -0.2) is 4.98 Å². The van der Waals surface area contributed by atoms with E-state index < -0.39 is 0 Å². The van der Waals surface area contributed by atoms with Crippen molar-refractivity contribution in [2.24, 2.45) is 0 Å². The predicted octanol–water partition coefficient (Wildman–Crippen LogP) is 12.3. The van der Waals surface area contributed by atoms with Gasteiger partial charge in [-0.15, -0.1) is 0 Å². The van der Waals surface area contributed by atoms with Crippen LogP contribution in [-0.2, 0) is 0 Å². The Balaban J connectivity index is 1.33. The van der Waals surface area contributed by atoms with Gasteiger partial charge in [0, 0.05) is 5.56 Å². The SMILES string of the molecule is Cc1ccc(-c2ccc3oc(-c4cc(-c5ccc(C)cc5)c5ccc6ccc(-c7ccc(C)cc7)c7ccc4c5c67)nc3c2)cc1. The molecule has 0 amide bonds. The van der Waals surface area contributed by atoms with E-state index in [2.05, 4.69) is 148 Å². The fourth-order valence-electron chi connectivity index (χ4n) is 7.00. The number of hydrogen-bond donors (Lipinski definition) is 0. The maximum Gasteiger partial charge on any atom is 0.227 e. The van der Waals surface area contributed by atoms with Crippen LogP contribution in [0, 0.1) is 20.8 Å². The summed E-state index contributed by atoms with van der Waals surface area (Å²) in [6.45, 7) is 6.38. The van der Waals surface area contributed by atoms with Crippen molar-refractivity contribution in [3.05, 3.63) is 150 Å². The lowest BCUT2D eigenvalue weighted by Crippen LogP contribution is -1.92. The molecular formula is C44H31NO. The summed E-state index contributed by atoms with van der Waals surface area (Å²) in [6.07, 6.45) is 0. The molecule has 0 bridgehead atoms. The van der Waals surface area contributed by atoms with Crippen molar-refractivity contribution < 1.29 is 4.42 Å². The van der Waals surface area contributed by atoms with E-state index in [0.29, 0.717) is 5.89 Å². The molecule has 46 heavy (non-hydrogen) atoms. The first-order chi connectivity index (χ1) is 22.5. The highest BCUT2D eigenvalue weighted by Gasteiger charge is 2.21. The van der Waals surface area contributed by atoms with Crippen molar-refractivity contribution in [1.82, 2.24) is 4.98 Å². The van der Waals surface area contributed by atoms with Gasteiger partial charge in [-0.25, -0.2) is 4.98 Å². The summed E-state index contributed by atoms with van der Waals surface area (Å²) in [4.78, 5) is 5.12. The Morgan fingerprint density at radius 2 is 0.935 bits per heavy atom. The summed E-state index contributed by atoms with van der Waals surface area (Å²) in [7, 11) is 0. The number of fused-ring (bicyclic) bond motifs is 1. The molecule has 9 rings (SSSR count). The fourth-order valence-corrected chi connectivity index (χ4v) is 7.00. The van der Waals surface area contributed by atoms with Crippen molar-refractivity contribution >= 4 is 43.4 Å². The lowest BCUT2D eigenvalue weighted by Gasteiger charge is -2.18. The summed E-state index contributed by atoms with van der Waals surface area (Å²) >= 11 is 0. The minimum Gasteiger partial charge on any atom is -0.436 e. The molecule has 0 radical (unpaired) electrons. The first kappa shape index (κ1) is 26.7. The normalized spacial score (nSPS) is 11.8. The molecule has 0 fully saturated rings.